The van der Waals surface area contributed by atoms with Gasteiger partial charge in [-0.25, -0.2) is 0 Å². The Hall–Kier alpha value is -1.88. The summed E-state index contributed by atoms with van der Waals surface area (Å²) >= 11 is 0. The maximum atomic E-state index is 5.00. The van der Waals surface area contributed by atoms with Crippen molar-refractivity contribution >= 4 is 0 Å². The maximum Gasteiger partial charge on any atom is 0.196 e. The van der Waals surface area contributed by atoms with E-state index in [1.807, 2.05) is 16.9 Å². The Bertz CT molecular complexity index is 444. The fourth-order valence-corrected chi connectivity index (χ4v) is 1.49. The second kappa shape index (κ2) is 6.00. The molecule has 0 radical (unpaired) electrons. The van der Waals surface area contributed by atoms with E-state index in [1.54, 1.807) is 31.9 Å². The molecule has 2 aromatic heterocycles. The first-order valence-corrected chi connectivity index (χ1v) is 5.51. The monoisotopic (exact) mass is 231 g/mol. The van der Waals surface area contributed by atoms with Crippen molar-refractivity contribution in [2.24, 2.45) is 0 Å². The summed E-state index contributed by atoms with van der Waals surface area (Å²) in [4.78, 5) is 8.25. The molecule has 2 aromatic rings. The molecule has 5 heteroatoms. The van der Waals surface area contributed by atoms with Crippen molar-refractivity contribution in [2.75, 3.05) is 13.7 Å². The molecule has 0 saturated heterocycles. The van der Waals surface area contributed by atoms with E-state index in [-0.39, 0.29) is 0 Å². The van der Waals surface area contributed by atoms with Gasteiger partial charge in [0.2, 0.25) is 0 Å². The Kier molecular flexibility index (Phi) is 4.10. The summed E-state index contributed by atoms with van der Waals surface area (Å²) < 4.78 is 6.89. The molecule has 0 N–H and O–H groups in total. The van der Waals surface area contributed by atoms with Gasteiger partial charge in [-0.2, -0.15) is 0 Å². The van der Waals surface area contributed by atoms with E-state index in [0.29, 0.717) is 0 Å². The molecular formula is C12H15N4O+. The lowest BCUT2D eigenvalue weighted by atomic mass is 10.2. The molecule has 0 spiro atoms. The number of rotatable bonds is 5. The SMILES string of the molecule is COCCC[n+]1ccc(-c2cnccn2)cn1. The molecule has 0 aliphatic carbocycles. The van der Waals surface area contributed by atoms with Gasteiger partial charge in [0.1, 0.15) is 6.20 Å². The minimum atomic E-state index is 0.751. The van der Waals surface area contributed by atoms with Crippen LogP contribution in [-0.2, 0) is 11.3 Å². The molecule has 0 saturated carbocycles. The lowest BCUT2D eigenvalue weighted by molar-refractivity contribution is -0.754. The lowest BCUT2D eigenvalue weighted by Gasteiger charge is -1.98. The molecule has 17 heavy (non-hydrogen) atoms. The smallest absolute Gasteiger partial charge is 0.196 e. The van der Waals surface area contributed by atoms with Gasteiger partial charge in [0, 0.05) is 37.6 Å². The van der Waals surface area contributed by atoms with Gasteiger partial charge in [-0.1, -0.05) is 4.68 Å². The van der Waals surface area contributed by atoms with Crippen molar-refractivity contribution < 1.29 is 9.42 Å². The van der Waals surface area contributed by atoms with Gasteiger partial charge in [0.25, 0.3) is 0 Å². The van der Waals surface area contributed by atoms with Gasteiger partial charge in [-0.3, -0.25) is 9.97 Å². The first-order chi connectivity index (χ1) is 8.40. The van der Waals surface area contributed by atoms with E-state index < -0.39 is 0 Å². The maximum absolute atomic E-state index is 5.00. The van der Waals surface area contributed by atoms with Crippen LogP contribution in [0.25, 0.3) is 11.3 Å². The topological polar surface area (TPSA) is 51.8 Å². The van der Waals surface area contributed by atoms with Crippen LogP contribution in [0.1, 0.15) is 6.42 Å². The van der Waals surface area contributed by atoms with Crippen LogP contribution in [0.3, 0.4) is 0 Å². The highest BCUT2D eigenvalue weighted by atomic mass is 16.5. The average Bonchev–Trinajstić information content (AvgIpc) is 2.41. The van der Waals surface area contributed by atoms with E-state index in [4.69, 9.17) is 4.74 Å². The highest BCUT2D eigenvalue weighted by Gasteiger charge is 2.05. The van der Waals surface area contributed by atoms with Gasteiger partial charge in [0.05, 0.1) is 18.5 Å². The van der Waals surface area contributed by atoms with Crippen molar-refractivity contribution in [3.8, 4) is 11.3 Å². The molecule has 2 rings (SSSR count). The molecule has 0 atom stereocenters. The first kappa shape index (κ1) is 11.6. The van der Waals surface area contributed by atoms with Gasteiger partial charge < -0.3 is 4.74 Å². The van der Waals surface area contributed by atoms with Crippen LogP contribution in [0.5, 0.6) is 0 Å². The molecule has 0 aliphatic rings. The third kappa shape index (κ3) is 3.29. The van der Waals surface area contributed by atoms with Crippen molar-refractivity contribution in [2.45, 2.75) is 13.0 Å². The van der Waals surface area contributed by atoms with E-state index in [0.717, 1.165) is 30.8 Å². The van der Waals surface area contributed by atoms with Crippen molar-refractivity contribution in [3.63, 3.8) is 0 Å². The number of ether oxygens (including phenoxy) is 1. The average molecular weight is 231 g/mol. The second-order valence-corrected chi connectivity index (χ2v) is 3.62. The normalized spacial score (nSPS) is 10.4. The largest absolute Gasteiger partial charge is 0.384 e. The lowest BCUT2D eigenvalue weighted by Crippen LogP contribution is -2.37. The predicted octanol–water partition coefficient (Wildman–Crippen LogP) is 0.863. The minimum Gasteiger partial charge on any atom is -0.384 e. The van der Waals surface area contributed by atoms with Crippen molar-refractivity contribution in [1.82, 2.24) is 15.1 Å². The molecule has 2 heterocycles. The Morgan fingerprint density at radius 3 is 2.88 bits per heavy atom. The highest BCUT2D eigenvalue weighted by Crippen LogP contribution is 2.11. The number of aromatic nitrogens is 4. The van der Waals surface area contributed by atoms with E-state index >= 15 is 0 Å². The molecule has 88 valence electrons. The summed E-state index contributed by atoms with van der Waals surface area (Å²) in [6, 6.07) is 1.99. The zero-order chi connectivity index (χ0) is 11.9. The molecule has 0 unspecified atom stereocenters. The molecular weight excluding hydrogens is 216 g/mol. The summed E-state index contributed by atoms with van der Waals surface area (Å²) in [5, 5.41) is 4.32. The molecule has 0 amide bonds. The summed E-state index contributed by atoms with van der Waals surface area (Å²) in [5.74, 6) is 0. The number of aryl methyl sites for hydroxylation is 1. The number of hydrogen-bond acceptors (Lipinski definition) is 4. The van der Waals surface area contributed by atoms with Gasteiger partial charge in [-0.05, 0) is 5.10 Å². The third-order valence-electron chi connectivity index (χ3n) is 2.37. The van der Waals surface area contributed by atoms with Crippen LogP contribution < -0.4 is 4.68 Å². The number of methoxy groups -OCH3 is 1. The first-order valence-electron chi connectivity index (χ1n) is 5.51. The Morgan fingerprint density at radius 2 is 2.24 bits per heavy atom. The standard InChI is InChI=1S/C12H15N4O/c1-17-8-2-6-16-7-3-11(9-15-16)12-10-13-4-5-14-12/h3-5,7,9-10H,2,6,8H2,1H3/q+1. The summed E-state index contributed by atoms with van der Waals surface area (Å²) in [6.07, 6.45) is 9.77. The van der Waals surface area contributed by atoms with Crippen LogP contribution in [0, 0.1) is 0 Å². The zero-order valence-electron chi connectivity index (χ0n) is 9.78. The summed E-state index contributed by atoms with van der Waals surface area (Å²) in [5.41, 5.74) is 1.81. The van der Waals surface area contributed by atoms with Crippen molar-refractivity contribution in [3.05, 3.63) is 37.1 Å². The molecule has 0 aliphatic heterocycles. The zero-order valence-corrected chi connectivity index (χ0v) is 9.78. The van der Waals surface area contributed by atoms with Crippen LogP contribution in [0.15, 0.2) is 37.1 Å². The van der Waals surface area contributed by atoms with Gasteiger partial charge >= 0.3 is 0 Å². The number of nitrogens with zero attached hydrogens (tertiary/aromatic N) is 4. The molecule has 5 nitrogen and oxygen atoms in total. The Balaban J connectivity index is 2.03. The molecule has 0 fully saturated rings. The van der Waals surface area contributed by atoms with Crippen LogP contribution in [0.2, 0.25) is 0 Å². The van der Waals surface area contributed by atoms with Gasteiger partial charge in [-0.15, -0.1) is 0 Å². The molecule has 0 aromatic carbocycles. The van der Waals surface area contributed by atoms with Crippen LogP contribution in [0.4, 0.5) is 0 Å². The van der Waals surface area contributed by atoms with E-state index in [1.165, 1.54) is 0 Å². The highest BCUT2D eigenvalue weighted by molar-refractivity contribution is 5.54. The predicted molar refractivity (Wildman–Crippen MR) is 62.0 cm³/mol. The Morgan fingerprint density at radius 1 is 1.29 bits per heavy atom. The van der Waals surface area contributed by atoms with Crippen LogP contribution >= 0.6 is 0 Å². The Labute approximate surface area is 100 Å². The summed E-state index contributed by atoms with van der Waals surface area (Å²) in [7, 11) is 1.70. The fraction of sp³-hybridized carbons (Fsp3) is 0.333. The van der Waals surface area contributed by atoms with E-state index in [2.05, 4.69) is 15.1 Å². The minimum absolute atomic E-state index is 0.751. The quantitative estimate of drug-likeness (QED) is 0.566. The fourth-order valence-electron chi connectivity index (χ4n) is 1.49. The van der Waals surface area contributed by atoms with E-state index in [9.17, 15) is 0 Å². The third-order valence-corrected chi connectivity index (χ3v) is 2.37. The van der Waals surface area contributed by atoms with Crippen LogP contribution in [-0.4, -0.2) is 28.8 Å². The van der Waals surface area contributed by atoms with Crippen molar-refractivity contribution in [1.29, 1.82) is 0 Å². The van der Waals surface area contributed by atoms with Gasteiger partial charge in [0.15, 0.2) is 12.7 Å². The number of hydrogen-bond donors (Lipinski definition) is 0. The second-order valence-electron chi connectivity index (χ2n) is 3.62. The summed E-state index contributed by atoms with van der Waals surface area (Å²) in [6.45, 7) is 1.61. The molecule has 0 bridgehead atoms.